The van der Waals surface area contributed by atoms with Crippen molar-refractivity contribution in [3.05, 3.63) is 82.5 Å². The van der Waals surface area contributed by atoms with Crippen LogP contribution in [0.4, 0.5) is 0 Å². The van der Waals surface area contributed by atoms with Crippen molar-refractivity contribution in [3.8, 4) is 34.3 Å². The zero-order valence-electron chi connectivity index (χ0n) is 17.7. The molecule has 0 aliphatic heterocycles. The Morgan fingerprint density at radius 3 is 2.12 bits per heavy atom. The van der Waals surface area contributed by atoms with Crippen LogP contribution in [-0.4, -0.2) is 27.3 Å². The van der Waals surface area contributed by atoms with Gasteiger partial charge in [-0.2, -0.15) is 0 Å². The van der Waals surface area contributed by atoms with E-state index in [0.717, 1.165) is 5.56 Å². The lowest BCUT2D eigenvalue weighted by molar-refractivity contribution is 0.0734. The first-order valence-corrected chi connectivity index (χ1v) is 9.69. The Labute approximate surface area is 183 Å². The van der Waals surface area contributed by atoms with E-state index in [-0.39, 0.29) is 16.7 Å². The maximum Gasteiger partial charge on any atom is 0.343 e. The van der Waals surface area contributed by atoms with E-state index < -0.39 is 5.97 Å². The number of benzene rings is 3. The summed E-state index contributed by atoms with van der Waals surface area (Å²) in [6.07, 6.45) is 0. The topological polar surface area (TPSA) is 84.2 Å². The lowest BCUT2D eigenvalue weighted by Gasteiger charge is -2.13. The van der Waals surface area contributed by atoms with Crippen molar-refractivity contribution in [2.75, 3.05) is 21.3 Å². The van der Waals surface area contributed by atoms with E-state index in [1.807, 2.05) is 30.3 Å². The number of rotatable bonds is 6. The molecule has 4 aromatic rings. The highest BCUT2D eigenvalue weighted by Crippen LogP contribution is 2.38. The first kappa shape index (κ1) is 21.0. The zero-order chi connectivity index (χ0) is 22.7. The standard InChI is InChI=1S/C25H20O7/c1-28-22-11-16(12-23(29-2)24(22)30-3)25(27)31-17-9-10-20-18(13-17)19(26)14-21(32-20)15-7-5-4-6-8-15/h4-14H,1-3H3. The van der Waals surface area contributed by atoms with Crippen LogP contribution in [0.15, 0.2) is 75.9 Å². The molecule has 0 N–H and O–H groups in total. The third kappa shape index (κ3) is 4.00. The summed E-state index contributed by atoms with van der Waals surface area (Å²) in [6.45, 7) is 0. The third-order valence-corrected chi connectivity index (χ3v) is 4.87. The van der Waals surface area contributed by atoms with Gasteiger partial charge in [-0.3, -0.25) is 4.79 Å². The first-order chi connectivity index (χ1) is 15.5. The minimum Gasteiger partial charge on any atom is -0.493 e. The molecule has 0 aliphatic rings. The summed E-state index contributed by atoms with van der Waals surface area (Å²) >= 11 is 0. The molecule has 7 heteroatoms. The molecule has 4 rings (SSSR count). The molecule has 0 unspecified atom stereocenters. The van der Waals surface area contributed by atoms with Crippen molar-refractivity contribution in [3.63, 3.8) is 0 Å². The summed E-state index contributed by atoms with van der Waals surface area (Å²) in [5.41, 5.74) is 1.15. The molecular formula is C25H20O7. The van der Waals surface area contributed by atoms with E-state index in [1.165, 1.54) is 45.6 Å². The van der Waals surface area contributed by atoms with Crippen LogP contribution >= 0.6 is 0 Å². The highest BCUT2D eigenvalue weighted by atomic mass is 16.5. The van der Waals surface area contributed by atoms with Crippen molar-refractivity contribution < 1.29 is 28.2 Å². The van der Waals surface area contributed by atoms with Gasteiger partial charge in [0.2, 0.25) is 5.75 Å². The van der Waals surface area contributed by atoms with Gasteiger partial charge in [0.05, 0.1) is 32.3 Å². The number of esters is 1. The molecule has 0 saturated heterocycles. The summed E-state index contributed by atoms with van der Waals surface area (Å²) < 4.78 is 27.2. The van der Waals surface area contributed by atoms with Crippen molar-refractivity contribution in [1.82, 2.24) is 0 Å². The zero-order valence-corrected chi connectivity index (χ0v) is 17.7. The molecule has 0 spiro atoms. The lowest BCUT2D eigenvalue weighted by atomic mass is 10.1. The Hall–Kier alpha value is -4.26. The smallest absolute Gasteiger partial charge is 0.343 e. The fourth-order valence-electron chi connectivity index (χ4n) is 3.31. The number of ether oxygens (including phenoxy) is 4. The van der Waals surface area contributed by atoms with Crippen LogP contribution in [0.3, 0.4) is 0 Å². The first-order valence-electron chi connectivity index (χ1n) is 9.69. The minimum absolute atomic E-state index is 0.200. The average Bonchev–Trinajstić information content (AvgIpc) is 2.83. The van der Waals surface area contributed by atoms with E-state index in [1.54, 1.807) is 12.1 Å². The van der Waals surface area contributed by atoms with Crippen LogP contribution < -0.4 is 24.4 Å². The molecule has 0 radical (unpaired) electrons. The van der Waals surface area contributed by atoms with E-state index in [9.17, 15) is 9.59 Å². The summed E-state index contributed by atoms with van der Waals surface area (Å²) in [4.78, 5) is 25.4. The van der Waals surface area contributed by atoms with Crippen molar-refractivity contribution in [1.29, 1.82) is 0 Å². The number of methoxy groups -OCH3 is 3. The van der Waals surface area contributed by atoms with Crippen LogP contribution in [-0.2, 0) is 0 Å². The Balaban J connectivity index is 1.66. The molecule has 1 aromatic heterocycles. The second-order valence-corrected chi connectivity index (χ2v) is 6.80. The van der Waals surface area contributed by atoms with E-state index in [0.29, 0.717) is 34.0 Å². The van der Waals surface area contributed by atoms with E-state index in [2.05, 4.69) is 0 Å². The van der Waals surface area contributed by atoms with Crippen LogP contribution in [0.25, 0.3) is 22.3 Å². The number of carbonyl (C=O) groups is 1. The molecule has 0 atom stereocenters. The largest absolute Gasteiger partial charge is 0.493 e. The minimum atomic E-state index is -0.645. The van der Waals surface area contributed by atoms with Crippen molar-refractivity contribution in [2.45, 2.75) is 0 Å². The molecule has 0 amide bonds. The summed E-state index contributed by atoms with van der Waals surface area (Å²) in [7, 11) is 4.39. The van der Waals surface area contributed by atoms with Crippen LogP contribution in [0.1, 0.15) is 10.4 Å². The molecule has 32 heavy (non-hydrogen) atoms. The number of fused-ring (bicyclic) bond motifs is 1. The van der Waals surface area contributed by atoms with Crippen LogP contribution in [0.2, 0.25) is 0 Å². The highest BCUT2D eigenvalue weighted by Gasteiger charge is 2.19. The maximum atomic E-state index is 12.7. The second kappa shape index (κ2) is 8.85. The molecule has 0 fully saturated rings. The molecule has 7 nitrogen and oxygen atoms in total. The van der Waals surface area contributed by atoms with Crippen molar-refractivity contribution in [2.24, 2.45) is 0 Å². The summed E-state index contributed by atoms with van der Waals surface area (Å²) in [5.74, 6) is 1.04. The van der Waals surface area contributed by atoms with Gasteiger partial charge in [0, 0.05) is 11.6 Å². The van der Waals surface area contributed by atoms with Gasteiger partial charge >= 0.3 is 5.97 Å². The predicted octanol–water partition coefficient (Wildman–Crippen LogP) is 4.71. The fourth-order valence-corrected chi connectivity index (χ4v) is 3.31. The predicted molar refractivity (Wildman–Crippen MR) is 119 cm³/mol. The van der Waals surface area contributed by atoms with E-state index >= 15 is 0 Å². The molecule has 0 saturated carbocycles. The Morgan fingerprint density at radius 1 is 0.812 bits per heavy atom. The number of hydrogen-bond acceptors (Lipinski definition) is 7. The Morgan fingerprint density at radius 2 is 1.50 bits per heavy atom. The molecule has 3 aromatic carbocycles. The molecule has 0 bridgehead atoms. The van der Waals surface area contributed by atoms with Gasteiger partial charge in [0.1, 0.15) is 17.1 Å². The Bertz CT molecular complexity index is 1310. The monoisotopic (exact) mass is 432 g/mol. The van der Waals surface area contributed by atoms with Gasteiger partial charge in [0.25, 0.3) is 0 Å². The SMILES string of the molecule is COc1cc(C(=O)Oc2ccc3oc(-c4ccccc4)cc(=O)c3c2)cc(OC)c1OC. The molecular weight excluding hydrogens is 412 g/mol. The van der Waals surface area contributed by atoms with Gasteiger partial charge in [-0.25, -0.2) is 4.79 Å². The fraction of sp³-hybridized carbons (Fsp3) is 0.120. The van der Waals surface area contributed by atoms with Crippen molar-refractivity contribution >= 4 is 16.9 Å². The van der Waals surface area contributed by atoms with Gasteiger partial charge < -0.3 is 23.4 Å². The van der Waals surface area contributed by atoms with Crippen LogP contribution in [0.5, 0.6) is 23.0 Å². The number of hydrogen-bond donors (Lipinski definition) is 0. The van der Waals surface area contributed by atoms with Gasteiger partial charge in [-0.1, -0.05) is 30.3 Å². The van der Waals surface area contributed by atoms with Gasteiger partial charge in [-0.05, 0) is 30.3 Å². The number of carbonyl (C=O) groups excluding carboxylic acids is 1. The average molecular weight is 432 g/mol. The second-order valence-electron chi connectivity index (χ2n) is 6.80. The maximum absolute atomic E-state index is 12.7. The molecule has 162 valence electrons. The molecule has 0 aliphatic carbocycles. The van der Waals surface area contributed by atoms with Crippen LogP contribution in [0, 0.1) is 0 Å². The lowest BCUT2D eigenvalue weighted by Crippen LogP contribution is -2.10. The van der Waals surface area contributed by atoms with Gasteiger partial charge in [0.15, 0.2) is 16.9 Å². The molecule has 1 heterocycles. The van der Waals surface area contributed by atoms with Gasteiger partial charge in [-0.15, -0.1) is 0 Å². The highest BCUT2D eigenvalue weighted by molar-refractivity contribution is 5.93. The summed E-state index contributed by atoms with van der Waals surface area (Å²) in [5, 5.41) is 0.305. The quantitative estimate of drug-likeness (QED) is 0.322. The normalized spacial score (nSPS) is 10.6. The third-order valence-electron chi connectivity index (χ3n) is 4.87. The Kier molecular flexibility index (Phi) is 5.81. The van der Waals surface area contributed by atoms with E-state index in [4.69, 9.17) is 23.4 Å². The summed E-state index contributed by atoms with van der Waals surface area (Å²) in [6, 6.07) is 18.4.